The molecule has 0 saturated heterocycles. The molecule has 0 fully saturated rings. The highest BCUT2D eigenvalue weighted by molar-refractivity contribution is 6.30. The van der Waals surface area contributed by atoms with E-state index in [2.05, 4.69) is 15.5 Å². The standard InChI is InChI=1S/C22H16ClF3N4O2/c23-17-7-2-5-15(11-17)20-28-21(32-29-20)18-8-3-9-30(18)13-19(31)27-12-14-4-1-6-16(10-14)22(24,25)26/h1-11H,12-13H2,(H,27,31). The summed E-state index contributed by atoms with van der Waals surface area (Å²) in [6.07, 6.45) is -2.77. The zero-order chi connectivity index (χ0) is 22.7. The second kappa shape index (κ2) is 8.88. The van der Waals surface area contributed by atoms with Crippen LogP contribution in [0.25, 0.3) is 23.0 Å². The summed E-state index contributed by atoms with van der Waals surface area (Å²) in [5.74, 6) is 0.189. The van der Waals surface area contributed by atoms with E-state index in [0.29, 0.717) is 27.7 Å². The molecule has 0 saturated carbocycles. The quantitative estimate of drug-likeness (QED) is 0.429. The van der Waals surface area contributed by atoms with Gasteiger partial charge in [-0.1, -0.05) is 41.0 Å². The van der Waals surface area contributed by atoms with Crippen molar-refractivity contribution in [3.05, 3.63) is 83.0 Å². The van der Waals surface area contributed by atoms with Crippen LogP contribution in [-0.4, -0.2) is 20.6 Å². The number of carbonyl (C=O) groups is 1. The van der Waals surface area contributed by atoms with Gasteiger partial charge in [-0.05, 0) is 42.0 Å². The zero-order valence-corrected chi connectivity index (χ0v) is 17.2. The van der Waals surface area contributed by atoms with Crippen LogP contribution in [0.1, 0.15) is 11.1 Å². The van der Waals surface area contributed by atoms with E-state index in [9.17, 15) is 18.0 Å². The lowest BCUT2D eigenvalue weighted by Gasteiger charge is -2.10. The van der Waals surface area contributed by atoms with Gasteiger partial charge in [0.25, 0.3) is 5.89 Å². The SMILES string of the molecule is O=C(Cn1cccc1-c1nc(-c2cccc(Cl)c2)no1)NCc1cccc(C(F)(F)F)c1. The molecule has 4 rings (SSSR count). The van der Waals surface area contributed by atoms with Crippen LogP contribution in [0, 0.1) is 0 Å². The lowest BCUT2D eigenvalue weighted by molar-refractivity contribution is -0.137. The Hall–Kier alpha value is -3.59. The first-order chi connectivity index (χ1) is 15.3. The van der Waals surface area contributed by atoms with Crippen molar-refractivity contribution in [1.82, 2.24) is 20.0 Å². The highest BCUT2D eigenvalue weighted by Crippen LogP contribution is 2.29. The number of benzene rings is 2. The summed E-state index contributed by atoms with van der Waals surface area (Å²) in [5.41, 5.74) is 0.803. The Morgan fingerprint density at radius 1 is 1.09 bits per heavy atom. The van der Waals surface area contributed by atoms with Crippen LogP contribution in [0.3, 0.4) is 0 Å². The van der Waals surface area contributed by atoms with E-state index in [1.807, 2.05) is 0 Å². The zero-order valence-electron chi connectivity index (χ0n) is 16.4. The lowest BCUT2D eigenvalue weighted by atomic mass is 10.1. The van der Waals surface area contributed by atoms with Gasteiger partial charge < -0.3 is 14.4 Å². The fraction of sp³-hybridized carbons (Fsp3) is 0.136. The average Bonchev–Trinajstić information content (AvgIpc) is 3.41. The normalized spacial score (nSPS) is 11.5. The van der Waals surface area contributed by atoms with Gasteiger partial charge in [-0.25, -0.2) is 0 Å². The topological polar surface area (TPSA) is 73.0 Å². The predicted octanol–water partition coefficient (Wildman–Crippen LogP) is 5.19. The molecule has 164 valence electrons. The van der Waals surface area contributed by atoms with Crippen LogP contribution in [0.4, 0.5) is 13.2 Å². The fourth-order valence-corrected chi connectivity index (χ4v) is 3.28. The number of hydrogen-bond acceptors (Lipinski definition) is 4. The van der Waals surface area contributed by atoms with E-state index in [1.54, 1.807) is 47.2 Å². The summed E-state index contributed by atoms with van der Waals surface area (Å²) in [6, 6.07) is 15.3. The number of nitrogens with zero attached hydrogens (tertiary/aromatic N) is 3. The smallest absolute Gasteiger partial charge is 0.350 e. The molecule has 32 heavy (non-hydrogen) atoms. The van der Waals surface area contributed by atoms with Gasteiger partial charge in [-0.15, -0.1) is 0 Å². The fourth-order valence-electron chi connectivity index (χ4n) is 3.09. The second-order valence-corrected chi connectivity index (χ2v) is 7.37. The Morgan fingerprint density at radius 3 is 2.69 bits per heavy atom. The van der Waals surface area contributed by atoms with E-state index < -0.39 is 11.7 Å². The molecule has 10 heteroatoms. The molecule has 0 aliphatic rings. The van der Waals surface area contributed by atoms with Crippen molar-refractivity contribution in [2.75, 3.05) is 0 Å². The third-order valence-corrected chi connectivity index (χ3v) is 4.85. The Kier molecular flexibility index (Phi) is 6.00. The van der Waals surface area contributed by atoms with Gasteiger partial charge in [0.2, 0.25) is 11.7 Å². The van der Waals surface area contributed by atoms with Gasteiger partial charge >= 0.3 is 6.18 Å². The minimum atomic E-state index is -4.44. The number of rotatable bonds is 6. The molecule has 0 unspecified atom stereocenters. The van der Waals surface area contributed by atoms with Gasteiger partial charge in [0, 0.05) is 23.3 Å². The summed E-state index contributed by atoms with van der Waals surface area (Å²) >= 11 is 6.00. The third-order valence-electron chi connectivity index (χ3n) is 4.62. The Bertz CT molecular complexity index is 1250. The van der Waals surface area contributed by atoms with Gasteiger partial charge in [0.15, 0.2) is 0 Å². The summed E-state index contributed by atoms with van der Waals surface area (Å²) in [4.78, 5) is 16.7. The Labute approximate surface area is 185 Å². The molecule has 0 aliphatic carbocycles. The van der Waals surface area contributed by atoms with E-state index in [-0.39, 0.29) is 24.9 Å². The van der Waals surface area contributed by atoms with Crippen LogP contribution in [0.15, 0.2) is 71.4 Å². The first-order valence-electron chi connectivity index (χ1n) is 9.47. The number of halogens is 4. The Balaban J connectivity index is 1.43. The van der Waals surface area contributed by atoms with Crippen LogP contribution in [0.2, 0.25) is 5.02 Å². The Morgan fingerprint density at radius 2 is 1.91 bits per heavy atom. The number of carbonyl (C=O) groups excluding carboxylic acids is 1. The molecule has 0 aliphatic heterocycles. The summed E-state index contributed by atoms with van der Waals surface area (Å²) < 4.78 is 45.5. The van der Waals surface area contributed by atoms with Gasteiger partial charge in [0.05, 0.1) is 5.56 Å². The molecule has 6 nitrogen and oxygen atoms in total. The maximum atomic E-state index is 12.8. The van der Waals surface area contributed by atoms with Crippen molar-refractivity contribution in [3.63, 3.8) is 0 Å². The molecule has 2 aromatic heterocycles. The highest BCUT2D eigenvalue weighted by atomic mass is 35.5. The molecule has 0 atom stereocenters. The average molecular weight is 461 g/mol. The minimum absolute atomic E-state index is 0.0289. The molecule has 0 radical (unpaired) electrons. The lowest BCUT2D eigenvalue weighted by Crippen LogP contribution is -2.27. The molecule has 2 heterocycles. The second-order valence-electron chi connectivity index (χ2n) is 6.93. The molecule has 0 bridgehead atoms. The summed E-state index contributed by atoms with van der Waals surface area (Å²) in [7, 11) is 0. The van der Waals surface area contributed by atoms with E-state index in [1.165, 1.54) is 12.1 Å². The third kappa shape index (κ3) is 5.00. The first-order valence-corrected chi connectivity index (χ1v) is 9.85. The molecule has 2 aromatic carbocycles. The first kappa shape index (κ1) is 21.6. The molecule has 1 amide bonds. The molecular formula is C22H16ClF3N4O2. The number of alkyl halides is 3. The molecule has 4 aromatic rings. The van der Waals surface area contributed by atoms with Gasteiger partial charge in [-0.3, -0.25) is 4.79 Å². The van der Waals surface area contributed by atoms with E-state index in [4.69, 9.17) is 16.1 Å². The number of nitrogens with one attached hydrogen (secondary N) is 1. The van der Waals surface area contributed by atoms with Gasteiger partial charge in [-0.2, -0.15) is 18.2 Å². The maximum Gasteiger partial charge on any atom is 0.416 e. The predicted molar refractivity (Wildman–Crippen MR) is 111 cm³/mol. The van der Waals surface area contributed by atoms with Crippen LogP contribution in [-0.2, 0) is 24.1 Å². The van der Waals surface area contributed by atoms with Crippen molar-refractivity contribution in [1.29, 1.82) is 0 Å². The number of hydrogen-bond donors (Lipinski definition) is 1. The summed E-state index contributed by atoms with van der Waals surface area (Å²) in [5, 5.41) is 7.12. The minimum Gasteiger partial charge on any atom is -0.350 e. The van der Waals surface area contributed by atoms with Crippen molar-refractivity contribution in [2.45, 2.75) is 19.3 Å². The van der Waals surface area contributed by atoms with Crippen molar-refractivity contribution in [3.8, 4) is 23.0 Å². The van der Waals surface area contributed by atoms with Crippen LogP contribution < -0.4 is 5.32 Å². The van der Waals surface area contributed by atoms with Crippen molar-refractivity contribution >= 4 is 17.5 Å². The van der Waals surface area contributed by atoms with E-state index in [0.717, 1.165) is 12.1 Å². The van der Waals surface area contributed by atoms with Crippen molar-refractivity contribution < 1.29 is 22.5 Å². The van der Waals surface area contributed by atoms with Crippen LogP contribution >= 0.6 is 11.6 Å². The van der Waals surface area contributed by atoms with Gasteiger partial charge in [0.1, 0.15) is 12.2 Å². The maximum absolute atomic E-state index is 12.8. The van der Waals surface area contributed by atoms with Crippen LogP contribution in [0.5, 0.6) is 0 Å². The van der Waals surface area contributed by atoms with E-state index >= 15 is 0 Å². The molecular weight excluding hydrogens is 445 g/mol. The van der Waals surface area contributed by atoms with Crippen molar-refractivity contribution in [2.24, 2.45) is 0 Å². The number of aromatic nitrogens is 3. The molecule has 1 N–H and O–H groups in total. The number of amides is 1. The highest BCUT2D eigenvalue weighted by Gasteiger charge is 2.30. The largest absolute Gasteiger partial charge is 0.416 e. The monoisotopic (exact) mass is 460 g/mol. The summed E-state index contributed by atoms with van der Waals surface area (Å²) in [6.45, 7) is -0.102. The molecule has 0 spiro atoms.